The normalized spacial score (nSPS) is 18.7. The van der Waals surface area contributed by atoms with E-state index >= 15 is 0 Å². The zero-order chi connectivity index (χ0) is 21.7. The molecule has 0 unspecified atom stereocenters. The van der Waals surface area contributed by atoms with E-state index in [1.807, 2.05) is 24.0 Å². The minimum Gasteiger partial charge on any atom is -0.482 e. The Labute approximate surface area is 180 Å². The molecule has 2 atom stereocenters. The smallest absolute Gasteiger partial charge is 0.316 e. The molecule has 6 nitrogen and oxygen atoms in total. The number of hydrogen-bond donors (Lipinski definition) is 2. The van der Waals surface area contributed by atoms with Gasteiger partial charge in [-0.3, -0.25) is 4.79 Å². The molecule has 1 aliphatic heterocycles. The summed E-state index contributed by atoms with van der Waals surface area (Å²) in [5, 5.41) is 2.85. The van der Waals surface area contributed by atoms with Crippen molar-refractivity contribution in [2.24, 2.45) is 11.7 Å². The summed E-state index contributed by atoms with van der Waals surface area (Å²) in [6, 6.07) is 10.6. The zero-order valence-corrected chi connectivity index (χ0v) is 17.5. The molecule has 1 aliphatic rings. The molecule has 3 N–H and O–H groups in total. The van der Waals surface area contributed by atoms with Crippen molar-refractivity contribution >= 4 is 29.2 Å². The number of carbonyl (C=O) groups excluding carboxylic acids is 2. The van der Waals surface area contributed by atoms with Gasteiger partial charge in [0.1, 0.15) is 11.6 Å². The molecule has 2 aromatic rings. The van der Waals surface area contributed by atoms with Gasteiger partial charge in [-0.05, 0) is 68.0 Å². The van der Waals surface area contributed by atoms with Crippen molar-refractivity contribution in [1.82, 2.24) is 4.90 Å². The summed E-state index contributed by atoms with van der Waals surface area (Å²) >= 11 is 5.94. The molecule has 0 spiro atoms. The Bertz CT molecular complexity index is 907. The van der Waals surface area contributed by atoms with Gasteiger partial charge >= 0.3 is 6.03 Å². The van der Waals surface area contributed by atoms with Crippen LogP contribution in [0.4, 0.5) is 14.9 Å². The Morgan fingerprint density at radius 2 is 2.00 bits per heavy atom. The monoisotopic (exact) mass is 433 g/mol. The maximum Gasteiger partial charge on any atom is 0.316 e. The first kappa shape index (κ1) is 21.9. The average Bonchev–Trinajstić information content (AvgIpc) is 2.68. The van der Waals surface area contributed by atoms with Crippen LogP contribution in [0.3, 0.4) is 0 Å². The third-order valence-electron chi connectivity index (χ3n) is 5.29. The molecular formula is C22H25ClFN3O3. The summed E-state index contributed by atoms with van der Waals surface area (Å²) in [6.07, 6.45) is 2.62. The molecule has 2 aromatic carbocycles. The van der Waals surface area contributed by atoms with Crippen LogP contribution in [0.15, 0.2) is 42.5 Å². The molecule has 0 bridgehead atoms. The molecule has 1 fully saturated rings. The van der Waals surface area contributed by atoms with Gasteiger partial charge in [0.2, 0.25) is 0 Å². The van der Waals surface area contributed by atoms with E-state index in [0.717, 1.165) is 24.8 Å². The summed E-state index contributed by atoms with van der Waals surface area (Å²) in [4.78, 5) is 25.7. The van der Waals surface area contributed by atoms with Gasteiger partial charge in [-0.25, -0.2) is 9.18 Å². The highest BCUT2D eigenvalue weighted by molar-refractivity contribution is 6.31. The van der Waals surface area contributed by atoms with Crippen molar-refractivity contribution in [2.45, 2.75) is 32.2 Å². The third-order valence-corrected chi connectivity index (χ3v) is 5.53. The quantitative estimate of drug-likeness (QED) is 0.715. The molecule has 0 aliphatic carbocycles. The summed E-state index contributed by atoms with van der Waals surface area (Å²) in [7, 11) is 0. The number of anilines is 1. The molecule has 1 saturated heterocycles. The maximum absolute atomic E-state index is 13.1. The van der Waals surface area contributed by atoms with Crippen molar-refractivity contribution < 1.29 is 18.7 Å². The SMILES string of the molecule is C[C@H]1C[C@@H](Cc2ccc(F)cc2)CCN1C(=O)COc1ccc(Cl)cc1NC(N)=O. The number of halogens is 2. The van der Waals surface area contributed by atoms with Gasteiger partial charge in [0, 0.05) is 17.6 Å². The molecular weight excluding hydrogens is 409 g/mol. The standard InChI is InChI=1S/C22H25ClFN3O3/c1-14-10-16(11-15-2-5-18(24)6-3-15)8-9-27(14)21(28)13-30-20-7-4-17(23)12-19(20)26-22(25)29/h2-7,12,14,16H,8-11,13H2,1H3,(H3,25,26,29)/t14-,16-/m0/s1. The Morgan fingerprint density at radius 1 is 1.27 bits per heavy atom. The number of benzene rings is 2. The first-order valence-corrected chi connectivity index (χ1v) is 10.2. The van der Waals surface area contributed by atoms with Gasteiger partial charge in [0.15, 0.2) is 6.61 Å². The van der Waals surface area contributed by atoms with E-state index in [9.17, 15) is 14.0 Å². The van der Waals surface area contributed by atoms with E-state index in [1.165, 1.54) is 18.2 Å². The molecule has 0 saturated carbocycles. The molecule has 8 heteroatoms. The number of likely N-dealkylation sites (tertiary alicyclic amines) is 1. The van der Waals surface area contributed by atoms with Crippen molar-refractivity contribution in [3.63, 3.8) is 0 Å². The van der Waals surface area contributed by atoms with Crippen LogP contribution in [0.5, 0.6) is 5.75 Å². The number of piperidine rings is 1. The summed E-state index contributed by atoms with van der Waals surface area (Å²) in [5.74, 6) is 0.411. The number of rotatable bonds is 6. The van der Waals surface area contributed by atoms with Crippen LogP contribution in [-0.4, -0.2) is 36.0 Å². The van der Waals surface area contributed by atoms with Crippen molar-refractivity contribution in [1.29, 1.82) is 0 Å². The number of nitrogens with two attached hydrogens (primary N) is 1. The highest BCUT2D eigenvalue weighted by Crippen LogP contribution is 2.29. The van der Waals surface area contributed by atoms with Crippen LogP contribution in [0.2, 0.25) is 5.02 Å². The Morgan fingerprint density at radius 3 is 2.67 bits per heavy atom. The van der Waals surface area contributed by atoms with Crippen LogP contribution in [0, 0.1) is 11.7 Å². The summed E-state index contributed by atoms with van der Waals surface area (Å²) in [5.41, 5.74) is 6.59. The predicted molar refractivity (Wildman–Crippen MR) is 114 cm³/mol. The number of carbonyl (C=O) groups is 2. The largest absolute Gasteiger partial charge is 0.482 e. The van der Waals surface area contributed by atoms with E-state index in [1.54, 1.807) is 12.1 Å². The fraction of sp³-hybridized carbons (Fsp3) is 0.364. The lowest BCUT2D eigenvalue weighted by Gasteiger charge is -2.37. The van der Waals surface area contributed by atoms with Gasteiger partial charge in [0.25, 0.3) is 5.91 Å². The molecule has 0 aromatic heterocycles. The number of urea groups is 1. The highest BCUT2D eigenvalue weighted by Gasteiger charge is 2.29. The Balaban J connectivity index is 1.54. The fourth-order valence-corrected chi connectivity index (χ4v) is 4.03. The minimum absolute atomic E-state index is 0.0775. The van der Waals surface area contributed by atoms with E-state index in [-0.39, 0.29) is 24.4 Å². The first-order valence-electron chi connectivity index (χ1n) is 9.84. The van der Waals surface area contributed by atoms with Crippen LogP contribution in [0.1, 0.15) is 25.3 Å². The number of amides is 3. The second kappa shape index (κ2) is 9.80. The predicted octanol–water partition coefficient (Wildman–Crippen LogP) is 4.22. The second-order valence-corrected chi connectivity index (χ2v) is 8.01. The van der Waals surface area contributed by atoms with Gasteiger partial charge in [-0.2, -0.15) is 0 Å². The lowest BCUT2D eigenvalue weighted by Crippen LogP contribution is -2.46. The van der Waals surface area contributed by atoms with Crippen molar-refractivity contribution in [3.8, 4) is 5.75 Å². The van der Waals surface area contributed by atoms with Gasteiger partial charge in [-0.1, -0.05) is 23.7 Å². The molecule has 3 rings (SSSR count). The van der Waals surface area contributed by atoms with Crippen molar-refractivity contribution in [3.05, 3.63) is 58.9 Å². The topological polar surface area (TPSA) is 84.7 Å². The lowest BCUT2D eigenvalue weighted by atomic mass is 9.86. The third kappa shape index (κ3) is 5.86. The van der Waals surface area contributed by atoms with Gasteiger partial charge in [-0.15, -0.1) is 0 Å². The fourth-order valence-electron chi connectivity index (χ4n) is 3.86. The number of nitrogens with zero attached hydrogens (tertiary/aromatic N) is 1. The molecule has 160 valence electrons. The van der Waals surface area contributed by atoms with E-state index in [4.69, 9.17) is 22.1 Å². The van der Waals surface area contributed by atoms with Crippen LogP contribution in [-0.2, 0) is 11.2 Å². The second-order valence-electron chi connectivity index (χ2n) is 7.58. The van der Waals surface area contributed by atoms with Gasteiger partial charge in [0.05, 0.1) is 5.69 Å². The van der Waals surface area contributed by atoms with Crippen molar-refractivity contribution in [2.75, 3.05) is 18.5 Å². The van der Waals surface area contributed by atoms with Crippen LogP contribution in [0.25, 0.3) is 0 Å². The molecule has 0 radical (unpaired) electrons. The zero-order valence-electron chi connectivity index (χ0n) is 16.7. The molecule has 3 amide bonds. The highest BCUT2D eigenvalue weighted by atomic mass is 35.5. The van der Waals surface area contributed by atoms with Crippen LogP contribution >= 0.6 is 11.6 Å². The summed E-state index contributed by atoms with van der Waals surface area (Å²) in [6.45, 7) is 2.52. The number of hydrogen-bond acceptors (Lipinski definition) is 3. The lowest BCUT2D eigenvalue weighted by molar-refractivity contribution is -0.137. The minimum atomic E-state index is -0.745. The summed E-state index contributed by atoms with van der Waals surface area (Å²) < 4.78 is 18.7. The van der Waals surface area contributed by atoms with E-state index in [2.05, 4.69) is 5.32 Å². The van der Waals surface area contributed by atoms with Gasteiger partial charge < -0.3 is 20.7 Å². The maximum atomic E-state index is 13.1. The Kier molecular flexibility index (Phi) is 7.15. The van der Waals surface area contributed by atoms with Crippen LogP contribution < -0.4 is 15.8 Å². The number of nitrogens with one attached hydrogen (secondary N) is 1. The Hall–Kier alpha value is -2.80. The molecule has 1 heterocycles. The number of primary amides is 1. The van der Waals surface area contributed by atoms with E-state index < -0.39 is 6.03 Å². The number of ether oxygens (including phenoxy) is 1. The average molecular weight is 434 g/mol. The molecule has 30 heavy (non-hydrogen) atoms. The van der Waals surface area contributed by atoms with E-state index in [0.29, 0.717) is 28.9 Å². The first-order chi connectivity index (χ1) is 14.3.